The highest BCUT2D eigenvalue weighted by atomic mass is 79.9. The van der Waals surface area contributed by atoms with Crippen LogP contribution in [0.1, 0.15) is 15.2 Å². The minimum absolute atomic E-state index is 0.165. The van der Waals surface area contributed by atoms with Crippen LogP contribution in [0.15, 0.2) is 38.6 Å². The molecule has 0 bridgehead atoms. The van der Waals surface area contributed by atoms with Crippen LogP contribution >= 0.6 is 43.2 Å². The van der Waals surface area contributed by atoms with Crippen LogP contribution in [0.4, 0.5) is 4.39 Å². The van der Waals surface area contributed by atoms with Gasteiger partial charge in [-0.05, 0) is 62.2 Å². The van der Waals surface area contributed by atoms with Crippen molar-refractivity contribution in [1.29, 1.82) is 0 Å². The second kappa shape index (κ2) is 4.77. The van der Waals surface area contributed by atoms with E-state index in [-0.39, 0.29) is 5.78 Å². The molecule has 0 fully saturated rings. The molecule has 0 atom stereocenters. The molecule has 1 aromatic heterocycles. The lowest BCUT2D eigenvalue weighted by Gasteiger charge is -1.99. The zero-order valence-corrected chi connectivity index (χ0v) is 11.8. The molecule has 0 saturated heterocycles. The number of thiophene rings is 1. The highest BCUT2D eigenvalue weighted by Gasteiger charge is 2.13. The number of carbonyl (C=O) groups is 1. The van der Waals surface area contributed by atoms with E-state index < -0.39 is 5.82 Å². The summed E-state index contributed by atoms with van der Waals surface area (Å²) in [5.41, 5.74) is 0.357. The Balaban J connectivity index is 2.38. The number of rotatable bonds is 2. The Kier molecular flexibility index (Phi) is 3.56. The molecule has 16 heavy (non-hydrogen) atoms. The quantitative estimate of drug-likeness (QED) is 0.710. The lowest BCUT2D eigenvalue weighted by atomic mass is 10.1. The van der Waals surface area contributed by atoms with E-state index in [4.69, 9.17) is 0 Å². The topological polar surface area (TPSA) is 17.1 Å². The van der Waals surface area contributed by atoms with Crippen LogP contribution in [-0.2, 0) is 0 Å². The van der Waals surface area contributed by atoms with Gasteiger partial charge in [-0.1, -0.05) is 0 Å². The van der Waals surface area contributed by atoms with Gasteiger partial charge in [0, 0.05) is 5.56 Å². The van der Waals surface area contributed by atoms with E-state index in [0.29, 0.717) is 14.9 Å². The predicted molar refractivity (Wildman–Crippen MR) is 69.6 cm³/mol. The van der Waals surface area contributed by atoms with Crippen LogP contribution in [0.25, 0.3) is 0 Å². The van der Waals surface area contributed by atoms with Crippen LogP contribution in [0.2, 0.25) is 0 Å². The summed E-state index contributed by atoms with van der Waals surface area (Å²) in [6.07, 6.45) is 0. The van der Waals surface area contributed by atoms with Crippen LogP contribution in [-0.4, -0.2) is 5.78 Å². The third-order valence-corrected chi connectivity index (χ3v) is 4.24. The zero-order chi connectivity index (χ0) is 11.7. The molecule has 0 aliphatic rings. The van der Waals surface area contributed by atoms with Gasteiger partial charge in [-0.25, -0.2) is 4.39 Å². The largest absolute Gasteiger partial charge is 0.288 e. The molecule has 0 radical (unpaired) electrons. The second-order valence-corrected chi connectivity index (χ2v) is 6.38. The first-order valence-corrected chi connectivity index (χ1v) is 6.73. The van der Waals surface area contributed by atoms with Crippen LogP contribution in [0.5, 0.6) is 0 Å². The summed E-state index contributed by atoms with van der Waals surface area (Å²) in [4.78, 5) is 12.5. The molecule has 1 aromatic carbocycles. The van der Waals surface area contributed by atoms with Crippen molar-refractivity contribution in [2.75, 3.05) is 0 Å². The van der Waals surface area contributed by atoms with E-state index in [9.17, 15) is 9.18 Å². The van der Waals surface area contributed by atoms with Crippen molar-refractivity contribution in [3.8, 4) is 0 Å². The van der Waals surface area contributed by atoms with E-state index >= 15 is 0 Å². The highest BCUT2D eigenvalue weighted by Crippen LogP contribution is 2.25. The lowest BCUT2D eigenvalue weighted by Crippen LogP contribution is -1.99. The Morgan fingerprint density at radius 2 is 1.94 bits per heavy atom. The summed E-state index contributed by atoms with van der Waals surface area (Å²) in [7, 11) is 0. The first kappa shape index (κ1) is 12.0. The Morgan fingerprint density at radius 3 is 2.50 bits per heavy atom. The van der Waals surface area contributed by atoms with Crippen molar-refractivity contribution < 1.29 is 9.18 Å². The van der Waals surface area contributed by atoms with Crippen molar-refractivity contribution in [3.05, 3.63) is 54.8 Å². The van der Waals surface area contributed by atoms with Crippen molar-refractivity contribution >= 4 is 49.0 Å². The number of halogens is 3. The molecule has 5 heteroatoms. The van der Waals surface area contributed by atoms with E-state index in [0.717, 1.165) is 3.79 Å². The molecule has 0 amide bonds. The third-order valence-electron chi connectivity index (χ3n) is 1.98. The van der Waals surface area contributed by atoms with Gasteiger partial charge in [-0.2, -0.15) is 0 Å². The fourth-order valence-electron chi connectivity index (χ4n) is 1.22. The monoisotopic (exact) mass is 362 g/mol. The molecule has 0 unspecified atom stereocenters. The molecule has 2 rings (SSSR count). The van der Waals surface area contributed by atoms with Crippen molar-refractivity contribution in [2.45, 2.75) is 0 Å². The molecule has 0 spiro atoms. The Bertz CT molecular complexity index is 551. The Morgan fingerprint density at radius 1 is 1.19 bits per heavy atom. The summed E-state index contributed by atoms with van der Waals surface area (Å²) in [6.45, 7) is 0. The molecular weight excluding hydrogens is 359 g/mol. The molecule has 82 valence electrons. The van der Waals surface area contributed by atoms with Crippen molar-refractivity contribution in [3.63, 3.8) is 0 Å². The highest BCUT2D eigenvalue weighted by molar-refractivity contribution is 9.11. The van der Waals surface area contributed by atoms with E-state index in [1.165, 1.54) is 23.5 Å². The number of carbonyl (C=O) groups excluding carboxylic acids is 1. The average Bonchev–Trinajstić information content (AvgIpc) is 2.68. The predicted octanol–water partition coefficient (Wildman–Crippen LogP) is 4.64. The molecule has 1 nitrogen and oxygen atoms in total. The van der Waals surface area contributed by atoms with E-state index in [1.54, 1.807) is 18.2 Å². The normalized spacial score (nSPS) is 10.4. The van der Waals surface area contributed by atoms with Gasteiger partial charge in [-0.15, -0.1) is 11.3 Å². The van der Waals surface area contributed by atoms with Crippen molar-refractivity contribution in [2.24, 2.45) is 0 Å². The molecule has 2 aromatic rings. The van der Waals surface area contributed by atoms with Gasteiger partial charge in [0.05, 0.1) is 13.1 Å². The average molecular weight is 364 g/mol. The van der Waals surface area contributed by atoms with Crippen LogP contribution in [0, 0.1) is 5.82 Å². The van der Waals surface area contributed by atoms with Gasteiger partial charge in [0.1, 0.15) is 5.82 Å². The first-order valence-electron chi connectivity index (χ1n) is 4.33. The second-order valence-electron chi connectivity index (χ2n) is 3.06. The molecule has 0 saturated carbocycles. The number of hydrogen-bond donors (Lipinski definition) is 0. The van der Waals surface area contributed by atoms with E-state index in [2.05, 4.69) is 31.9 Å². The van der Waals surface area contributed by atoms with Gasteiger partial charge in [0.15, 0.2) is 0 Å². The summed E-state index contributed by atoms with van der Waals surface area (Å²) < 4.78 is 14.5. The zero-order valence-electron chi connectivity index (χ0n) is 7.84. The maximum Gasteiger partial charge on any atom is 0.203 e. The standard InChI is InChI=1S/C11H5Br2FOS/c12-7-2-1-6(5-8(7)14)11(15)9-3-4-10(13)16-9/h1-5H. The summed E-state index contributed by atoms with van der Waals surface area (Å²) in [5, 5.41) is 0. The Hall–Kier alpha value is -0.520. The summed E-state index contributed by atoms with van der Waals surface area (Å²) >= 11 is 7.67. The molecule has 0 N–H and O–H groups in total. The third kappa shape index (κ3) is 2.42. The minimum atomic E-state index is -0.429. The molecule has 1 heterocycles. The number of ketones is 1. The van der Waals surface area contributed by atoms with Gasteiger partial charge >= 0.3 is 0 Å². The molecular formula is C11H5Br2FOS. The fourth-order valence-corrected chi connectivity index (χ4v) is 2.81. The minimum Gasteiger partial charge on any atom is -0.288 e. The Labute approximate surface area is 113 Å². The van der Waals surface area contributed by atoms with Gasteiger partial charge in [0.25, 0.3) is 0 Å². The van der Waals surface area contributed by atoms with Gasteiger partial charge in [-0.3, -0.25) is 4.79 Å². The van der Waals surface area contributed by atoms with Crippen LogP contribution < -0.4 is 0 Å². The van der Waals surface area contributed by atoms with Gasteiger partial charge < -0.3 is 0 Å². The maximum atomic E-state index is 13.3. The van der Waals surface area contributed by atoms with E-state index in [1.807, 2.05) is 0 Å². The number of hydrogen-bond acceptors (Lipinski definition) is 2. The molecule has 0 aliphatic carbocycles. The first-order chi connectivity index (χ1) is 7.58. The smallest absolute Gasteiger partial charge is 0.203 e. The number of benzene rings is 1. The summed E-state index contributed by atoms with van der Waals surface area (Å²) in [5.74, 6) is -0.594. The SMILES string of the molecule is O=C(c1ccc(Br)c(F)c1)c1ccc(Br)s1. The van der Waals surface area contributed by atoms with Crippen molar-refractivity contribution in [1.82, 2.24) is 0 Å². The molecule has 0 aliphatic heterocycles. The fraction of sp³-hybridized carbons (Fsp3) is 0. The van der Waals surface area contributed by atoms with Gasteiger partial charge in [0.2, 0.25) is 5.78 Å². The van der Waals surface area contributed by atoms with Crippen LogP contribution in [0.3, 0.4) is 0 Å². The maximum absolute atomic E-state index is 13.3. The summed E-state index contributed by atoms with van der Waals surface area (Å²) in [6, 6.07) is 7.89. The lowest BCUT2D eigenvalue weighted by molar-refractivity contribution is 0.104.